The summed E-state index contributed by atoms with van der Waals surface area (Å²) in [5.74, 6) is 3.65. The highest BCUT2D eigenvalue weighted by molar-refractivity contribution is 7.18. The first-order valence-corrected chi connectivity index (χ1v) is 9.18. The molecule has 0 unspecified atom stereocenters. The van der Waals surface area contributed by atoms with Crippen LogP contribution < -0.4 is 15.0 Å². The first-order valence-electron chi connectivity index (χ1n) is 7.99. The lowest BCUT2D eigenvalue weighted by Crippen LogP contribution is -2.09. The highest BCUT2D eigenvalue weighted by atomic mass is 35.5. The molecule has 0 aliphatic carbocycles. The van der Waals surface area contributed by atoms with Crippen LogP contribution in [0.4, 0.5) is 0 Å². The van der Waals surface area contributed by atoms with E-state index >= 15 is 0 Å². The Labute approximate surface area is 159 Å². The molecule has 1 aromatic carbocycles. The summed E-state index contributed by atoms with van der Waals surface area (Å²) in [5.41, 5.74) is 1.42. The van der Waals surface area contributed by atoms with E-state index in [0.29, 0.717) is 44.7 Å². The number of nitrogens with one attached hydrogen (secondary N) is 1. The SMILES string of the molecule is C#CCOc1c(Cl)cc(-c2nc3sc(C)c(C)c3c(=O)[nH]2)cc1OCC. The molecule has 0 saturated carbocycles. The third-order valence-electron chi connectivity index (χ3n) is 3.92. The molecule has 1 N–H and O–H groups in total. The number of aromatic nitrogens is 2. The summed E-state index contributed by atoms with van der Waals surface area (Å²) < 4.78 is 11.1. The van der Waals surface area contributed by atoms with Crippen LogP contribution in [-0.2, 0) is 0 Å². The van der Waals surface area contributed by atoms with Crippen molar-refractivity contribution in [3.8, 4) is 35.2 Å². The van der Waals surface area contributed by atoms with E-state index in [-0.39, 0.29) is 12.2 Å². The van der Waals surface area contributed by atoms with Gasteiger partial charge in [0.15, 0.2) is 11.5 Å². The maximum Gasteiger partial charge on any atom is 0.260 e. The highest BCUT2D eigenvalue weighted by Crippen LogP contribution is 2.39. The third kappa shape index (κ3) is 3.28. The van der Waals surface area contributed by atoms with Crippen LogP contribution in [0.15, 0.2) is 16.9 Å². The van der Waals surface area contributed by atoms with Crippen LogP contribution in [0.1, 0.15) is 17.4 Å². The smallest absolute Gasteiger partial charge is 0.260 e. The fraction of sp³-hybridized carbons (Fsp3) is 0.263. The maximum atomic E-state index is 12.5. The van der Waals surface area contributed by atoms with E-state index < -0.39 is 0 Å². The summed E-state index contributed by atoms with van der Waals surface area (Å²) in [6, 6.07) is 3.41. The molecule has 0 atom stereocenters. The van der Waals surface area contributed by atoms with Gasteiger partial charge in [0.25, 0.3) is 5.56 Å². The van der Waals surface area contributed by atoms with Gasteiger partial charge in [-0.25, -0.2) is 4.98 Å². The predicted octanol–water partition coefficient (Wildman–Crippen LogP) is 4.33. The van der Waals surface area contributed by atoms with Gasteiger partial charge < -0.3 is 14.5 Å². The molecule has 7 heteroatoms. The molecular formula is C19H17ClN2O3S. The Bertz CT molecular complexity index is 1080. The summed E-state index contributed by atoms with van der Waals surface area (Å²) in [7, 11) is 0. The first kappa shape index (κ1) is 18.3. The molecular weight excluding hydrogens is 372 g/mol. The number of nitrogens with zero attached hydrogens (tertiary/aromatic N) is 1. The summed E-state index contributed by atoms with van der Waals surface area (Å²) in [6.07, 6.45) is 5.25. The zero-order chi connectivity index (χ0) is 18.8. The Balaban J connectivity index is 2.16. The monoisotopic (exact) mass is 388 g/mol. The van der Waals surface area contributed by atoms with Crippen molar-refractivity contribution in [1.29, 1.82) is 0 Å². The summed E-state index contributed by atoms with van der Waals surface area (Å²) >= 11 is 7.84. The fourth-order valence-corrected chi connectivity index (χ4v) is 3.91. The van der Waals surface area contributed by atoms with E-state index in [1.165, 1.54) is 11.3 Å². The molecule has 3 rings (SSSR count). The molecule has 2 aromatic heterocycles. The van der Waals surface area contributed by atoms with Crippen LogP contribution >= 0.6 is 22.9 Å². The van der Waals surface area contributed by atoms with Gasteiger partial charge in [0.05, 0.1) is 17.0 Å². The molecule has 2 heterocycles. The second-order valence-electron chi connectivity index (χ2n) is 5.59. The zero-order valence-electron chi connectivity index (χ0n) is 14.6. The second kappa shape index (κ2) is 7.40. The van der Waals surface area contributed by atoms with Crippen LogP contribution in [0.3, 0.4) is 0 Å². The van der Waals surface area contributed by atoms with Gasteiger partial charge >= 0.3 is 0 Å². The molecule has 26 heavy (non-hydrogen) atoms. The lowest BCUT2D eigenvalue weighted by atomic mass is 10.1. The number of halogens is 1. The van der Waals surface area contributed by atoms with E-state index in [0.717, 1.165) is 10.4 Å². The largest absolute Gasteiger partial charge is 0.490 e. The molecule has 0 radical (unpaired) electrons. The minimum absolute atomic E-state index is 0.0773. The molecule has 0 amide bonds. The number of aryl methyl sites for hydroxylation is 2. The lowest BCUT2D eigenvalue weighted by Gasteiger charge is -2.14. The van der Waals surface area contributed by atoms with Crippen LogP contribution in [0.2, 0.25) is 5.02 Å². The Morgan fingerprint density at radius 1 is 1.35 bits per heavy atom. The van der Waals surface area contributed by atoms with Crippen LogP contribution in [-0.4, -0.2) is 23.2 Å². The maximum absolute atomic E-state index is 12.5. The van der Waals surface area contributed by atoms with Gasteiger partial charge in [-0.1, -0.05) is 17.5 Å². The molecule has 0 fully saturated rings. The van der Waals surface area contributed by atoms with Crippen molar-refractivity contribution in [2.45, 2.75) is 20.8 Å². The van der Waals surface area contributed by atoms with Crippen molar-refractivity contribution < 1.29 is 9.47 Å². The number of rotatable bonds is 5. The number of hydrogen-bond acceptors (Lipinski definition) is 5. The average molecular weight is 389 g/mol. The van der Waals surface area contributed by atoms with Crippen molar-refractivity contribution in [2.75, 3.05) is 13.2 Å². The Hall–Kier alpha value is -2.49. The van der Waals surface area contributed by atoms with E-state index in [1.807, 2.05) is 20.8 Å². The Morgan fingerprint density at radius 2 is 2.12 bits per heavy atom. The number of thiophene rings is 1. The molecule has 5 nitrogen and oxygen atoms in total. The van der Waals surface area contributed by atoms with Gasteiger partial charge in [-0.2, -0.15) is 0 Å². The van der Waals surface area contributed by atoms with Gasteiger partial charge in [0, 0.05) is 10.4 Å². The number of H-pyrrole nitrogens is 1. The van der Waals surface area contributed by atoms with Crippen LogP contribution in [0.5, 0.6) is 11.5 Å². The minimum atomic E-state index is -0.173. The zero-order valence-corrected chi connectivity index (χ0v) is 16.2. The molecule has 134 valence electrons. The van der Waals surface area contributed by atoms with Crippen molar-refractivity contribution in [3.05, 3.63) is 37.9 Å². The van der Waals surface area contributed by atoms with Crippen molar-refractivity contribution in [1.82, 2.24) is 9.97 Å². The van der Waals surface area contributed by atoms with Gasteiger partial charge in [-0.3, -0.25) is 4.79 Å². The standard InChI is InChI=1S/C19H17ClN2O3S/c1-5-7-25-16-13(20)8-12(9-14(16)24-6-2)17-21-18(23)15-10(3)11(4)26-19(15)22-17/h1,8-9H,6-7H2,2-4H3,(H,21,22,23). The van der Waals surface area contributed by atoms with Crippen LogP contribution in [0, 0.1) is 26.2 Å². The lowest BCUT2D eigenvalue weighted by molar-refractivity contribution is 0.299. The van der Waals surface area contributed by atoms with Crippen molar-refractivity contribution in [3.63, 3.8) is 0 Å². The Morgan fingerprint density at radius 3 is 2.81 bits per heavy atom. The van der Waals surface area contributed by atoms with E-state index in [4.69, 9.17) is 27.5 Å². The molecule has 3 aromatic rings. The van der Waals surface area contributed by atoms with Gasteiger partial charge in [0.1, 0.15) is 17.3 Å². The minimum Gasteiger partial charge on any atom is -0.490 e. The summed E-state index contributed by atoms with van der Waals surface area (Å²) in [5, 5.41) is 0.962. The number of benzene rings is 1. The van der Waals surface area contributed by atoms with Gasteiger partial charge in [-0.05, 0) is 38.5 Å². The first-order chi connectivity index (χ1) is 12.5. The molecule has 0 spiro atoms. The van der Waals surface area contributed by atoms with E-state index in [2.05, 4.69) is 15.9 Å². The third-order valence-corrected chi connectivity index (χ3v) is 5.30. The van der Waals surface area contributed by atoms with E-state index in [1.54, 1.807) is 12.1 Å². The normalized spacial score (nSPS) is 10.7. The number of aromatic amines is 1. The number of ether oxygens (including phenoxy) is 2. The fourth-order valence-electron chi connectivity index (χ4n) is 2.61. The number of hydrogen-bond donors (Lipinski definition) is 1. The highest BCUT2D eigenvalue weighted by Gasteiger charge is 2.17. The quantitative estimate of drug-likeness (QED) is 0.660. The average Bonchev–Trinajstić information content (AvgIpc) is 2.89. The van der Waals surface area contributed by atoms with Gasteiger partial charge in [-0.15, -0.1) is 17.8 Å². The molecule has 0 aliphatic heterocycles. The predicted molar refractivity (Wildman–Crippen MR) is 106 cm³/mol. The molecule has 0 bridgehead atoms. The summed E-state index contributed by atoms with van der Waals surface area (Å²) in [6.45, 7) is 6.26. The van der Waals surface area contributed by atoms with Crippen molar-refractivity contribution in [2.24, 2.45) is 0 Å². The van der Waals surface area contributed by atoms with E-state index in [9.17, 15) is 4.79 Å². The number of terminal acetylenes is 1. The summed E-state index contributed by atoms with van der Waals surface area (Å²) in [4.78, 5) is 21.7. The number of fused-ring (bicyclic) bond motifs is 1. The second-order valence-corrected chi connectivity index (χ2v) is 7.20. The molecule has 0 aliphatic rings. The van der Waals surface area contributed by atoms with Gasteiger partial charge in [0.2, 0.25) is 0 Å². The topological polar surface area (TPSA) is 64.2 Å². The Kier molecular flexibility index (Phi) is 5.21. The van der Waals surface area contributed by atoms with Crippen molar-refractivity contribution >= 4 is 33.2 Å². The van der Waals surface area contributed by atoms with Crippen LogP contribution in [0.25, 0.3) is 21.6 Å². The molecule has 0 saturated heterocycles.